The molecular formula is C17H21FN2O. The molecule has 0 fully saturated rings. The Kier molecular flexibility index (Phi) is 5.28. The van der Waals surface area contributed by atoms with Crippen molar-refractivity contribution in [2.75, 3.05) is 6.54 Å². The molecule has 0 saturated heterocycles. The van der Waals surface area contributed by atoms with Gasteiger partial charge in [-0.05, 0) is 43.1 Å². The van der Waals surface area contributed by atoms with E-state index < -0.39 is 0 Å². The molecule has 1 aromatic heterocycles. The van der Waals surface area contributed by atoms with Crippen molar-refractivity contribution in [3.8, 4) is 11.6 Å². The zero-order valence-corrected chi connectivity index (χ0v) is 12.7. The van der Waals surface area contributed by atoms with Crippen LogP contribution in [0.25, 0.3) is 0 Å². The van der Waals surface area contributed by atoms with Gasteiger partial charge in [0.05, 0.1) is 0 Å². The first-order valence-electron chi connectivity index (χ1n) is 7.14. The van der Waals surface area contributed by atoms with E-state index in [1.165, 1.54) is 12.1 Å². The fraction of sp³-hybridized carbons (Fsp3) is 0.353. The van der Waals surface area contributed by atoms with E-state index in [1.807, 2.05) is 19.1 Å². The topological polar surface area (TPSA) is 34.1 Å². The molecule has 0 spiro atoms. The molecule has 3 nitrogen and oxygen atoms in total. The Labute approximate surface area is 125 Å². The Bertz CT molecular complexity index is 599. The minimum atomic E-state index is -0.320. The third kappa shape index (κ3) is 5.16. The molecule has 4 heteroatoms. The van der Waals surface area contributed by atoms with Gasteiger partial charge >= 0.3 is 0 Å². The van der Waals surface area contributed by atoms with Crippen LogP contribution in [0.2, 0.25) is 0 Å². The molecular weight excluding hydrogens is 267 g/mol. The van der Waals surface area contributed by atoms with Crippen molar-refractivity contribution in [2.45, 2.75) is 27.3 Å². The standard InChI is InChI=1S/C17H21FN2O/c1-12(2)10-19-11-14-7-13(3)20-17(8-14)21-16-6-4-5-15(18)9-16/h4-9,12,19H,10-11H2,1-3H3. The van der Waals surface area contributed by atoms with E-state index in [0.717, 1.165) is 24.3 Å². The first-order valence-corrected chi connectivity index (χ1v) is 7.14. The van der Waals surface area contributed by atoms with Crippen molar-refractivity contribution in [3.63, 3.8) is 0 Å². The average Bonchev–Trinajstić information content (AvgIpc) is 2.37. The Balaban J connectivity index is 2.07. The maximum absolute atomic E-state index is 13.2. The van der Waals surface area contributed by atoms with Crippen LogP contribution < -0.4 is 10.1 Å². The van der Waals surface area contributed by atoms with Gasteiger partial charge in [0.15, 0.2) is 0 Å². The molecule has 21 heavy (non-hydrogen) atoms. The van der Waals surface area contributed by atoms with Gasteiger partial charge < -0.3 is 10.1 Å². The summed E-state index contributed by atoms with van der Waals surface area (Å²) in [7, 11) is 0. The molecule has 0 saturated carbocycles. The fourth-order valence-corrected chi connectivity index (χ4v) is 2.02. The van der Waals surface area contributed by atoms with E-state index in [-0.39, 0.29) is 5.82 Å². The summed E-state index contributed by atoms with van der Waals surface area (Å²) in [6, 6.07) is 9.96. The van der Waals surface area contributed by atoms with Crippen molar-refractivity contribution in [1.82, 2.24) is 10.3 Å². The van der Waals surface area contributed by atoms with Crippen LogP contribution >= 0.6 is 0 Å². The van der Waals surface area contributed by atoms with Crippen molar-refractivity contribution in [1.29, 1.82) is 0 Å². The summed E-state index contributed by atoms with van der Waals surface area (Å²) >= 11 is 0. The van der Waals surface area contributed by atoms with Gasteiger partial charge in [-0.2, -0.15) is 0 Å². The van der Waals surface area contributed by atoms with Crippen LogP contribution in [0.5, 0.6) is 11.6 Å². The van der Waals surface area contributed by atoms with Crippen LogP contribution in [0.1, 0.15) is 25.1 Å². The largest absolute Gasteiger partial charge is 0.439 e. The Morgan fingerprint density at radius 2 is 2.05 bits per heavy atom. The minimum Gasteiger partial charge on any atom is -0.439 e. The Morgan fingerprint density at radius 1 is 1.24 bits per heavy atom. The number of aromatic nitrogens is 1. The maximum Gasteiger partial charge on any atom is 0.219 e. The predicted molar refractivity (Wildman–Crippen MR) is 82.0 cm³/mol. The van der Waals surface area contributed by atoms with E-state index in [1.54, 1.807) is 12.1 Å². The Hall–Kier alpha value is -1.94. The average molecular weight is 288 g/mol. The van der Waals surface area contributed by atoms with Gasteiger partial charge in [-0.1, -0.05) is 19.9 Å². The second-order valence-corrected chi connectivity index (χ2v) is 5.54. The smallest absolute Gasteiger partial charge is 0.219 e. The van der Waals surface area contributed by atoms with Gasteiger partial charge in [-0.15, -0.1) is 0 Å². The molecule has 0 bridgehead atoms. The minimum absolute atomic E-state index is 0.320. The van der Waals surface area contributed by atoms with Crippen LogP contribution in [-0.2, 0) is 6.54 Å². The molecule has 1 aromatic carbocycles. The summed E-state index contributed by atoms with van der Waals surface area (Å²) in [6.45, 7) is 7.99. The van der Waals surface area contributed by atoms with Gasteiger partial charge in [0.2, 0.25) is 5.88 Å². The molecule has 1 heterocycles. The molecule has 0 aliphatic carbocycles. The highest BCUT2D eigenvalue weighted by Gasteiger charge is 2.04. The van der Waals surface area contributed by atoms with Crippen molar-refractivity contribution in [3.05, 3.63) is 53.5 Å². The highest BCUT2D eigenvalue weighted by molar-refractivity contribution is 5.30. The van der Waals surface area contributed by atoms with Gasteiger partial charge in [0.1, 0.15) is 11.6 Å². The van der Waals surface area contributed by atoms with Gasteiger partial charge in [-0.25, -0.2) is 9.37 Å². The first-order chi connectivity index (χ1) is 10.0. The van der Waals surface area contributed by atoms with Gasteiger partial charge in [-0.3, -0.25) is 0 Å². The second kappa shape index (κ2) is 7.18. The van der Waals surface area contributed by atoms with Crippen LogP contribution in [0.4, 0.5) is 4.39 Å². The van der Waals surface area contributed by atoms with Gasteiger partial charge in [0.25, 0.3) is 0 Å². The summed E-state index contributed by atoms with van der Waals surface area (Å²) in [5, 5.41) is 3.39. The molecule has 0 unspecified atom stereocenters. The van der Waals surface area contributed by atoms with Crippen molar-refractivity contribution < 1.29 is 9.13 Å². The summed E-state index contributed by atoms with van der Waals surface area (Å²) in [6.07, 6.45) is 0. The van der Waals surface area contributed by atoms with E-state index >= 15 is 0 Å². The molecule has 0 aliphatic rings. The number of nitrogens with one attached hydrogen (secondary N) is 1. The zero-order valence-electron chi connectivity index (χ0n) is 12.7. The normalized spacial score (nSPS) is 10.9. The SMILES string of the molecule is Cc1cc(CNCC(C)C)cc(Oc2cccc(F)c2)n1. The lowest BCUT2D eigenvalue weighted by molar-refractivity contribution is 0.455. The molecule has 112 valence electrons. The number of nitrogens with zero attached hydrogens (tertiary/aromatic N) is 1. The number of rotatable bonds is 6. The first kappa shape index (κ1) is 15.4. The molecule has 1 N–H and O–H groups in total. The van der Waals surface area contributed by atoms with Crippen LogP contribution in [0.15, 0.2) is 36.4 Å². The summed E-state index contributed by atoms with van der Waals surface area (Å²) < 4.78 is 18.8. The van der Waals surface area contributed by atoms with E-state index in [4.69, 9.17) is 4.74 Å². The third-order valence-electron chi connectivity index (χ3n) is 2.89. The number of aryl methyl sites for hydroxylation is 1. The lowest BCUT2D eigenvalue weighted by Gasteiger charge is -2.10. The summed E-state index contributed by atoms with van der Waals surface area (Å²) in [5.41, 5.74) is 1.99. The van der Waals surface area contributed by atoms with E-state index in [9.17, 15) is 4.39 Å². The number of ether oxygens (including phenoxy) is 1. The fourth-order valence-electron chi connectivity index (χ4n) is 2.02. The lowest BCUT2D eigenvalue weighted by atomic mass is 10.2. The van der Waals surface area contributed by atoms with Gasteiger partial charge in [0, 0.05) is 24.4 Å². The van der Waals surface area contributed by atoms with Crippen molar-refractivity contribution in [2.24, 2.45) is 5.92 Å². The summed E-state index contributed by atoms with van der Waals surface area (Å²) in [4.78, 5) is 4.33. The number of halogens is 1. The monoisotopic (exact) mass is 288 g/mol. The maximum atomic E-state index is 13.2. The zero-order chi connectivity index (χ0) is 15.2. The van der Waals surface area contributed by atoms with Crippen LogP contribution in [0.3, 0.4) is 0 Å². The Morgan fingerprint density at radius 3 is 2.76 bits per heavy atom. The number of benzene rings is 1. The highest BCUT2D eigenvalue weighted by atomic mass is 19.1. The summed E-state index contributed by atoms with van der Waals surface area (Å²) in [5.74, 6) is 1.23. The lowest BCUT2D eigenvalue weighted by Crippen LogP contribution is -2.19. The molecule has 0 amide bonds. The molecule has 0 aliphatic heterocycles. The molecule has 2 aromatic rings. The molecule has 0 radical (unpaired) electrons. The number of hydrogen-bond donors (Lipinski definition) is 1. The number of hydrogen-bond acceptors (Lipinski definition) is 3. The van der Waals surface area contributed by atoms with Crippen LogP contribution in [0, 0.1) is 18.7 Å². The van der Waals surface area contributed by atoms with E-state index in [2.05, 4.69) is 24.1 Å². The molecule has 0 atom stereocenters. The third-order valence-corrected chi connectivity index (χ3v) is 2.89. The predicted octanol–water partition coefficient (Wildman–Crippen LogP) is 4.07. The second-order valence-electron chi connectivity index (χ2n) is 5.54. The quantitative estimate of drug-likeness (QED) is 0.870. The molecule has 2 rings (SSSR count). The number of pyridine rings is 1. The van der Waals surface area contributed by atoms with Crippen molar-refractivity contribution >= 4 is 0 Å². The highest BCUT2D eigenvalue weighted by Crippen LogP contribution is 2.21. The van der Waals surface area contributed by atoms with Crippen LogP contribution in [-0.4, -0.2) is 11.5 Å². The van der Waals surface area contributed by atoms with E-state index in [0.29, 0.717) is 17.5 Å².